The van der Waals surface area contributed by atoms with Crippen LogP contribution in [0.1, 0.15) is 24.8 Å². The predicted octanol–water partition coefficient (Wildman–Crippen LogP) is 2.84. The molecule has 1 unspecified atom stereocenters. The number of hydrogen-bond acceptors (Lipinski definition) is 2. The van der Waals surface area contributed by atoms with E-state index in [1.165, 1.54) is 12.8 Å². The summed E-state index contributed by atoms with van der Waals surface area (Å²) in [5.41, 5.74) is 1.44. The molecular formula is C15H18ClNO. The molecule has 2 aliphatic rings. The van der Waals surface area contributed by atoms with Gasteiger partial charge in [0.2, 0.25) is 0 Å². The van der Waals surface area contributed by atoms with Crippen LogP contribution in [-0.4, -0.2) is 18.9 Å². The molecule has 1 aliphatic carbocycles. The maximum atomic E-state index is 12.3. The Hall–Kier alpha value is -0.860. The molecule has 1 spiro atoms. The third-order valence-electron chi connectivity index (χ3n) is 4.47. The Labute approximate surface area is 113 Å². The Kier molecular flexibility index (Phi) is 3.16. The van der Waals surface area contributed by atoms with Gasteiger partial charge in [-0.3, -0.25) is 4.79 Å². The van der Waals surface area contributed by atoms with Crippen LogP contribution in [0.15, 0.2) is 24.3 Å². The highest BCUT2D eigenvalue weighted by molar-refractivity contribution is 6.30. The van der Waals surface area contributed by atoms with Crippen molar-refractivity contribution in [1.82, 2.24) is 5.32 Å². The number of nitrogens with one attached hydrogen (secondary N) is 1. The van der Waals surface area contributed by atoms with Crippen molar-refractivity contribution in [2.75, 3.05) is 13.1 Å². The largest absolute Gasteiger partial charge is 0.317 e. The number of piperidine rings is 1. The molecule has 0 radical (unpaired) electrons. The molecule has 1 N–H and O–H groups in total. The number of Topliss-reactive ketones (excluding diaryl/α,β-unsaturated/α-hetero) is 1. The summed E-state index contributed by atoms with van der Waals surface area (Å²) in [6.07, 6.45) is 4.02. The first kappa shape index (κ1) is 12.2. The van der Waals surface area contributed by atoms with Crippen molar-refractivity contribution in [1.29, 1.82) is 0 Å². The molecule has 3 heteroatoms. The fourth-order valence-electron chi connectivity index (χ4n) is 3.21. The van der Waals surface area contributed by atoms with E-state index in [4.69, 9.17) is 11.6 Å². The van der Waals surface area contributed by atoms with Crippen molar-refractivity contribution in [3.8, 4) is 0 Å². The molecule has 2 fully saturated rings. The molecule has 96 valence electrons. The lowest BCUT2D eigenvalue weighted by atomic mass is 9.89. The van der Waals surface area contributed by atoms with Crippen molar-refractivity contribution in [3.05, 3.63) is 34.9 Å². The minimum atomic E-state index is 0.315. The van der Waals surface area contributed by atoms with E-state index in [1.807, 2.05) is 24.3 Å². The summed E-state index contributed by atoms with van der Waals surface area (Å²) in [5, 5.41) is 4.10. The first-order valence-electron chi connectivity index (χ1n) is 6.67. The van der Waals surface area contributed by atoms with Gasteiger partial charge in [-0.1, -0.05) is 23.7 Å². The van der Waals surface area contributed by atoms with E-state index in [9.17, 15) is 4.79 Å². The average molecular weight is 264 g/mol. The number of hydrogen-bond donors (Lipinski definition) is 1. The van der Waals surface area contributed by atoms with Crippen LogP contribution in [-0.2, 0) is 11.2 Å². The van der Waals surface area contributed by atoms with Crippen LogP contribution in [0, 0.1) is 11.3 Å². The van der Waals surface area contributed by atoms with E-state index in [0.717, 1.165) is 30.1 Å². The van der Waals surface area contributed by atoms with Gasteiger partial charge in [0, 0.05) is 17.4 Å². The monoisotopic (exact) mass is 263 g/mol. The smallest absolute Gasteiger partial charge is 0.140 e. The molecule has 0 aromatic heterocycles. The van der Waals surface area contributed by atoms with Crippen molar-refractivity contribution in [3.63, 3.8) is 0 Å². The molecule has 18 heavy (non-hydrogen) atoms. The van der Waals surface area contributed by atoms with Crippen molar-refractivity contribution < 1.29 is 4.79 Å². The Morgan fingerprint density at radius 1 is 1.28 bits per heavy atom. The van der Waals surface area contributed by atoms with E-state index >= 15 is 0 Å². The van der Waals surface area contributed by atoms with Crippen LogP contribution in [0.4, 0.5) is 0 Å². The van der Waals surface area contributed by atoms with E-state index in [1.54, 1.807) is 0 Å². The second-order valence-electron chi connectivity index (χ2n) is 5.64. The summed E-state index contributed by atoms with van der Waals surface area (Å²) >= 11 is 5.85. The average Bonchev–Trinajstić information content (AvgIpc) is 3.07. The molecule has 1 heterocycles. The van der Waals surface area contributed by atoms with Crippen LogP contribution in [0.2, 0.25) is 5.02 Å². The van der Waals surface area contributed by atoms with Crippen molar-refractivity contribution >= 4 is 17.4 Å². The number of ketones is 1. The number of rotatable bonds is 3. The molecule has 2 nitrogen and oxygen atoms in total. The number of carbonyl (C=O) groups excluding carboxylic acids is 1. The van der Waals surface area contributed by atoms with Crippen LogP contribution >= 0.6 is 11.6 Å². The van der Waals surface area contributed by atoms with Crippen LogP contribution < -0.4 is 5.32 Å². The van der Waals surface area contributed by atoms with E-state index in [2.05, 4.69) is 5.32 Å². The molecule has 1 saturated carbocycles. The minimum absolute atomic E-state index is 0.315. The fourth-order valence-corrected chi connectivity index (χ4v) is 3.33. The van der Waals surface area contributed by atoms with Gasteiger partial charge in [-0.2, -0.15) is 0 Å². The number of carbonyl (C=O) groups is 1. The second kappa shape index (κ2) is 4.67. The molecule has 1 aromatic carbocycles. The molecule has 3 rings (SSSR count). The van der Waals surface area contributed by atoms with Gasteiger partial charge in [-0.15, -0.1) is 0 Å². The number of benzene rings is 1. The highest BCUT2D eigenvalue weighted by Gasteiger charge is 2.56. The first-order chi connectivity index (χ1) is 8.70. The third-order valence-corrected chi connectivity index (χ3v) is 4.72. The van der Waals surface area contributed by atoms with Crippen LogP contribution in [0.25, 0.3) is 0 Å². The Morgan fingerprint density at radius 2 is 1.94 bits per heavy atom. The molecule has 1 aliphatic heterocycles. The lowest BCUT2D eigenvalue weighted by molar-refractivity contribution is -0.120. The summed E-state index contributed by atoms with van der Waals surface area (Å²) in [4.78, 5) is 12.3. The zero-order valence-electron chi connectivity index (χ0n) is 10.4. The molecule has 1 saturated heterocycles. The summed E-state index contributed by atoms with van der Waals surface area (Å²) < 4.78 is 0. The molecule has 1 aromatic rings. The summed E-state index contributed by atoms with van der Waals surface area (Å²) in [6, 6.07) is 7.63. The van der Waals surface area contributed by atoms with Crippen molar-refractivity contribution in [2.24, 2.45) is 11.3 Å². The summed E-state index contributed by atoms with van der Waals surface area (Å²) in [6.45, 7) is 2.15. The van der Waals surface area contributed by atoms with Gasteiger partial charge in [0.15, 0.2) is 0 Å². The van der Waals surface area contributed by atoms with Gasteiger partial charge >= 0.3 is 0 Å². The SMILES string of the molecule is O=C(Cc1ccc(Cl)cc1)C1CC12CCNCC2. The van der Waals surface area contributed by atoms with Gasteiger partial charge < -0.3 is 5.32 Å². The lowest BCUT2D eigenvalue weighted by Crippen LogP contribution is -2.30. The lowest BCUT2D eigenvalue weighted by Gasteiger charge is -2.23. The standard InChI is InChI=1S/C15H18ClNO/c16-12-3-1-11(2-4-12)9-14(18)13-10-15(13)5-7-17-8-6-15/h1-4,13,17H,5-10H2. The normalized spacial score (nSPS) is 25.1. The van der Waals surface area contributed by atoms with Crippen molar-refractivity contribution in [2.45, 2.75) is 25.7 Å². The quantitative estimate of drug-likeness (QED) is 0.909. The third kappa shape index (κ3) is 2.32. The molecular weight excluding hydrogens is 246 g/mol. The fraction of sp³-hybridized carbons (Fsp3) is 0.533. The Bertz CT molecular complexity index is 448. The summed E-state index contributed by atoms with van der Waals surface area (Å²) in [7, 11) is 0. The zero-order chi connectivity index (χ0) is 12.6. The zero-order valence-corrected chi connectivity index (χ0v) is 11.2. The van der Waals surface area contributed by atoms with Gasteiger partial charge in [0.25, 0.3) is 0 Å². The Balaban J connectivity index is 1.61. The maximum absolute atomic E-state index is 12.3. The van der Waals surface area contributed by atoms with Crippen LogP contribution in [0.5, 0.6) is 0 Å². The Morgan fingerprint density at radius 3 is 2.61 bits per heavy atom. The molecule has 1 atom stereocenters. The highest BCUT2D eigenvalue weighted by Crippen LogP contribution is 2.59. The second-order valence-corrected chi connectivity index (χ2v) is 6.08. The first-order valence-corrected chi connectivity index (χ1v) is 7.05. The van der Waals surface area contributed by atoms with Gasteiger partial charge in [0.05, 0.1) is 0 Å². The van der Waals surface area contributed by atoms with E-state index < -0.39 is 0 Å². The maximum Gasteiger partial charge on any atom is 0.140 e. The minimum Gasteiger partial charge on any atom is -0.317 e. The molecule has 0 amide bonds. The predicted molar refractivity (Wildman–Crippen MR) is 72.8 cm³/mol. The highest BCUT2D eigenvalue weighted by atomic mass is 35.5. The van der Waals surface area contributed by atoms with E-state index in [0.29, 0.717) is 23.5 Å². The number of halogens is 1. The van der Waals surface area contributed by atoms with Gasteiger partial charge in [0.1, 0.15) is 5.78 Å². The van der Waals surface area contributed by atoms with Crippen LogP contribution in [0.3, 0.4) is 0 Å². The summed E-state index contributed by atoms with van der Waals surface area (Å²) in [5.74, 6) is 0.731. The van der Waals surface area contributed by atoms with E-state index in [-0.39, 0.29) is 0 Å². The van der Waals surface area contributed by atoms with Gasteiger partial charge in [-0.25, -0.2) is 0 Å². The topological polar surface area (TPSA) is 29.1 Å². The molecule has 0 bridgehead atoms. The van der Waals surface area contributed by atoms with Gasteiger partial charge in [-0.05, 0) is 55.5 Å².